The van der Waals surface area contributed by atoms with E-state index in [1.54, 1.807) is 24.3 Å². The average molecular weight is 312 g/mol. The molecule has 1 aromatic rings. The lowest BCUT2D eigenvalue weighted by molar-refractivity contribution is -0.121. The smallest absolute Gasteiger partial charge is 0.241 e. The maximum absolute atomic E-state index is 12.3. The summed E-state index contributed by atoms with van der Waals surface area (Å²) in [5.41, 5.74) is 0.759. The van der Waals surface area contributed by atoms with Gasteiger partial charge in [0.2, 0.25) is 5.91 Å². The van der Waals surface area contributed by atoms with E-state index in [0.29, 0.717) is 11.6 Å². The predicted octanol–water partition coefficient (Wildman–Crippen LogP) is 1.28. The molecule has 0 spiro atoms. The number of hydrogen-bond acceptors (Lipinski definition) is 4. The summed E-state index contributed by atoms with van der Waals surface area (Å²) in [6.07, 6.45) is 0. The summed E-state index contributed by atoms with van der Waals surface area (Å²) in [6.45, 7) is 6.28. The highest BCUT2D eigenvalue weighted by Crippen LogP contribution is 2.14. The molecule has 1 fully saturated rings. The van der Waals surface area contributed by atoms with Gasteiger partial charge in [-0.2, -0.15) is 0 Å². The minimum atomic E-state index is -0.169. The largest absolute Gasteiger partial charge is 0.395 e. The lowest BCUT2D eigenvalue weighted by atomic mass is 10.2. The van der Waals surface area contributed by atoms with Crippen molar-refractivity contribution >= 4 is 23.2 Å². The first-order valence-corrected chi connectivity index (χ1v) is 7.61. The average Bonchev–Trinajstić information content (AvgIpc) is 2.50. The van der Waals surface area contributed by atoms with Gasteiger partial charge in [-0.25, -0.2) is 0 Å². The fourth-order valence-corrected chi connectivity index (χ4v) is 2.59. The number of anilines is 1. The van der Waals surface area contributed by atoms with Crippen LogP contribution in [0.2, 0.25) is 5.02 Å². The van der Waals surface area contributed by atoms with E-state index in [4.69, 9.17) is 16.7 Å². The van der Waals surface area contributed by atoms with E-state index in [1.165, 1.54) is 0 Å². The molecule has 0 bridgehead atoms. The number of carbonyl (C=O) groups is 1. The normalized spacial score (nSPS) is 18.4. The molecular formula is C15H22ClN3O2. The summed E-state index contributed by atoms with van der Waals surface area (Å²) in [7, 11) is 0. The van der Waals surface area contributed by atoms with E-state index in [1.807, 2.05) is 6.92 Å². The van der Waals surface area contributed by atoms with E-state index in [9.17, 15) is 4.79 Å². The molecule has 5 nitrogen and oxygen atoms in total. The molecule has 1 aliphatic heterocycles. The van der Waals surface area contributed by atoms with Crippen molar-refractivity contribution in [2.45, 2.75) is 13.0 Å². The van der Waals surface area contributed by atoms with Gasteiger partial charge in [0.25, 0.3) is 0 Å². The number of rotatable bonds is 5. The molecule has 21 heavy (non-hydrogen) atoms. The van der Waals surface area contributed by atoms with Crippen LogP contribution in [0.25, 0.3) is 0 Å². The van der Waals surface area contributed by atoms with Gasteiger partial charge in [-0.3, -0.25) is 14.6 Å². The summed E-state index contributed by atoms with van der Waals surface area (Å²) in [5, 5.41) is 12.5. The molecule has 1 aromatic carbocycles. The van der Waals surface area contributed by atoms with Gasteiger partial charge in [-0.05, 0) is 31.2 Å². The minimum absolute atomic E-state index is 0.00655. The Labute approximate surface area is 130 Å². The van der Waals surface area contributed by atoms with Crippen LogP contribution in [0.4, 0.5) is 5.69 Å². The van der Waals surface area contributed by atoms with E-state index >= 15 is 0 Å². The lowest BCUT2D eigenvalue weighted by Crippen LogP contribution is -2.53. The molecular weight excluding hydrogens is 290 g/mol. The molecule has 2 N–H and O–H groups in total. The first-order valence-electron chi connectivity index (χ1n) is 7.24. The highest BCUT2D eigenvalue weighted by atomic mass is 35.5. The van der Waals surface area contributed by atoms with Gasteiger partial charge in [-0.15, -0.1) is 0 Å². The minimum Gasteiger partial charge on any atom is -0.395 e. The molecule has 0 radical (unpaired) electrons. The Morgan fingerprint density at radius 1 is 1.29 bits per heavy atom. The van der Waals surface area contributed by atoms with Crippen LogP contribution in [0.1, 0.15) is 6.92 Å². The van der Waals surface area contributed by atoms with Gasteiger partial charge in [0.15, 0.2) is 0 Å². The zero-order valence-corrected chi connectivity index (χ0v) is 13.0. The third-order valence-corrected chi connectivity index (χ3v) is 4.11. The zero-order valence-electron chi connectivity index (χ0n) is 12.3. The Kier molecular flexibility index (Phi) is 5.99. The van der Waals surface area contributed by atoms with Crippen molar-refractivity contribution in [3.8, 4) is 0 Å². The summed E-state index contributed by atoms with van der Waals surface area (Å²) < 4.78 is 0. The van der Waals surface area contributed by atoms with Gasteiger partial charge >= 0.3 is 0 Å². The van der Waals surface area contributed by atoms with Crippen LogP contribution in [0.3, 0.4) is 0 Å². The number of carbonyl (C=O) groups excluding carboxylic acids is 1. The summed E-state index contributed by atoms with van der Waals surface area (Å²) in [5.74, 6) is -0.00655. The van der Waals surface area contributed by atoms with E-state index in [-0.39, 0.29) is 18.6 Å². The van der Waals surface area contributed by atoms with Gasteiger partial charge in [-0.1, -0.05) is 11.6 Å². The third-order valence-electron chi connectivity index (χ3n) is 3.86. The van der Waals surface area contributed by atoms with Crippen LogP contribution >= 0.6 is 11.6 Å². The number of hydrogen-bond donors (Lipinski definition) is 2. The van der Waals surface area contributed by atoms with Crippen LogP contribution < -0.4 is 5.32 Å². The molecule has 1 saturated heterocycles. The SMILES string of the molecule is CC(C(=O)Nc1ccc(Cl)cc1)N1CCN(CCO)CC1. The van der Waals surface area contributed by atoms with Crippen molar-refractivity contribution in [3.05, 3.63) is 29.3 Å². The summed E-state index contributed by atoms with van der Waals surface area (Å²) in [4.78, 5) is 16.6. The fraction of sp³-hybridized carbons (Fsp3) is 0.533. The van der Waals surface area contributed by atoms with Gasteiger partial charge < -0.3 is 10.4 Å². The zero-order chi connectivity index (χ0) is 15.2. The van der Waals surface area contributed by atoms with E-state index in [0.717, 1.165) is 31.9 Å². The second-order valence-corrected chi connectivity index (χ2v) is 5.71. The van der Waals surface area contributed by atoms with Crippen molar-refractivity contribution < 1.29 is 9.90 Å². The van der Waals surface area contributed by atoms with Crippen molar-refractivity contribution in [3.63, 3.8) is 0 Å². The monoisotopic (exact) mass is 311 g/mol. The van der Waals surface area contributed by atoms with Gasteiger partial charge in [0.1, 0.15) is 0 Å². The second-order valence-electron chi connectivity index (χ2n) is 5.27. The van der Waals surface area contributed by atoms with Crippen molar-refractivity contribution in [2.75, 3.05) is 44.6 Å². The molecule has 0 aromatic heterocycles. The molecule has 2 rings (SSSR count). The molecule has 1 aliphatic rings. The van der Waals surface area contributed by atoms with Crippen molar-refractivity contribution in [1.29, 1.82) is 0 Å². The molecule has 116 valence electrons. The number of aliphatic hydroxyl groups excluding tert-OH is 1. The molecule has 1 amide bonds. The number of benzene rings is 1. The number of piperazine rings is 1. The first kappa shape index (κ1) is 16.2. The van der Waals surface area contributed by atoms with Crippen LogP contribution in [0.15, 0.2) is 24.3 Å². The van der Waals surface area contributed by atoms with E-state index < -0.39 is 0 Å². The van der Waals surface area contributed by atoms with Gasteiger partial charge in [0.05, 0.1) is 12.6 Å². The Hall–Kier alpha value is -1.14. The van der Waals surface area contributed by atoms with Crippen LogP contribution in [-0.2, 0) is 4.79 Å². The van der Waals surface area contributed by atoms with Gasteiger partial charge in [0, 0.05) is 43.4 Å². The molecule has 6 heteroatoms. The summed E-state index contributed by atoms with van der Waals surface area (Å²) >= 11 is 5.83. The van der Waals surface area contributed by atoms with Crippen molar-refractivity contribution in [1.82, 2.24) is 9.80 Å². The molecule has 0 aliphatic carbocycles. The molecule has 1 unspecified atom stereocenters. The number of aliphatic hydroxyl groups is 1. The van der Waals surface area contributed by atoms with E-state index in [2.05, 4.69) is 15.1 Å². The highest BCUT2D eigenvalue weighted by molar-refractivity contribution is 6.30. The quantitative estimate of drug-likeness (QED) is 0.860. The topological polar surface area (TPSA) is 55.8 Å². The molecule has 1 heterocycles. The maximum atomic E-state index is 12.3. The Morgan fingerprint density at radius 2 is 1.90 bits per heavy atom. The van der Waals surface area contributed by atoms with Crippen LogP contribution in [-0.4, -0.2) is 66.2 Å². The second kappa shape index (κ2) is 7.75. The third kappa shape index (κ3) is 4.68. The Bertz CT molecular complexity index is 458. The van der Waals surface area contributed by atoms with Crippen LogP contribution in [0.5, 0.6) is 0 Å². The number of amides is 1. The Balaban J connectivity index is 1.84. The lowest BCUT2D eigenvalue weighted by Gasteiger charge is -2.37. The number of β-amino-alcohol motifs (C(OH)–C–C–N with tert-alkyl or cyclic N) is 1. The van der Waals surface area contributed by atoms with Crippen molar-refractivity contribution in [2.24, 2.45) is 0 Å². The predicted molar refractivity (Wildman–Crippen MR) is 84.6 cm³/mol. The molecule has 0 saturated carbocycles. The molecule has 1 atom stereocenters. The number of halogens is 1. The number of nitrogens with one attached hydrogen (secondary N) is 1. The maximum Gasteiger partial charge on any atom is 0.241 e. The summed E-state index contributed by atoms with van der Waals surface area (Å²) in [6, 6.07) is 6.94. The Morgan fingerprint density at radius 3 is 2.48 bits per heavy atom. The standard InChI is InChI=1S/C15H22ClN3O2/c1-12(19-8-6-18(7-9-19)10-11-20)15(21)17-14-4-2-13(16)3-5-14/h2-5,12,20H,6-11H2,1H3,(H,17,21). The van der Waals surface area contributed by atoms with Crippen LogP contribution in [0, 0.1) is 0 Å². The number of nitrogens with zero attached hydrogens (tertiary/aromatic N) is 2. The highest BCUT2D eigenvalue weighted by Gasteiger charge is 2.25. The fourth-order valence-electron chi connectivity index (χ4n) is 2.46. The first-order chi connectivity index (χ1) is 10.1.